The summed E-state index contributed by atoms with van der Waals surface area (Å²) in [5, 5.41) is 9.63. The van der Waals surface area contributed by atoms with Gasteiger partial charge in [-0.25, -0.2) is 8.42 Å². The fourth-order valence-corrected chi connectivity index (χ4v) is 4.66. The molecule has 0 aliphatic carbocycles. The number of nitrogens with one attached hydrogen (secondary N) is 3. The van der Waals surface area contributed by atoms with Crippen LogP contribution in [-0.4, -0.2) is 44.8 Å². The molecule has 0 heterocycles. The van der Waals surface area contributed by atoms with Crippen molar-refractivity contribution in [2.45, 2.75) is 32.6 Å². The zero-order valence-corrected chi connectivity index (χ0v) is 19.3. The first-order chi connectivity index (χ1) is 14.2. The number of amides is 1. The predicted octanol–water partition coefficient (Wildman–Crippen LogP) is 4.16. The van der Waals surface area contributed by atoms with Crippen LogP contribution in [-0.2, 0) is 14.8 Å². The largest absolute Gasteiger partial charge is 0.384 e. The highest BCUT2D eigenvalue weighted by Crippen LogP contribution is 2.27. The first-order valence-corrected chi connectivity index (χ1v) is 11.7. The third kappa shape index (κ3) is 5.65. The molecule has 0 aromatic heterocycles. The molecule has 3 N–H and O–H groups in total. The summed E-state index contributed by atoms with van der Waals surface area (Å²) in [7, 11) is -3.60. The van der Waals surface area contributed by atoms with Crippen molar-refractivity contribution in [3.05, 3.63) is 47.0 Å². The summed E-state index contributed by atoms with van der Waals surface area (Å²) in [6.45, 7) is 8.78. The van der Waals surface area contributed by atoms with Crippen molar-refractivity contribution in [3.8, 4) is 0 Å². The van der Waals surface area contributed by atoms with Gasteiger partial charge in [0.2, 0.25) is 15.9 Å². The van der Waals surface area contributed by atoms with Gasteiger partial charge in [-0.2, -0.15) is 4.31 Å². The highest BCUT2D eigenvalue weighted by atomic mass is 35.5. The second-order valence-corrected chi connectivity index (χ2v) is 8.99. The number of benzene rings is 2. The molecule has 0 aliphatic heterocycles. The zero-order chi connectivity index (χ0) is 22.3. The number of carbonyl (C=O) groups excluding carboxylic acids is 1. The maximum Gasteiger partial charge on any atom is 0.243 e. The van der Waals surface area contributed by atoms with Crippen LogP contribution in [0.3, 0.4) is 0 Å². The number of rotatable bonds is 10. The number of carbonyl (C=O) groups is 1. The van der Waals surface area contributed by atoms with E-state index in [1.54, 1.807) is 50.2 Å². The molecule has 2 aromatic carbocycles. The molecule has 0 fully saturated rings. The van der Waals surface area contributed by atoms with Gasteiger partial charge in [-0.1, -0.05) is 31.5 Å². The van der Waals surface area contributed by atoms with E-state index in [2.05, 4.69) is 16.0 Å². The first-order valence-electron chi connectivity index (χ1n) is 9.91. The lowest BCUT2D eigenvalue weighted by Gasteiger charge is -2.20. The SMILES string of the molecule is CCNc1ccc(S(=O)(=O)N(CC)CC)cc1NCC(=O)Nc1cccc(Cl)c1C. The maximum atomic E-state index is 12.9. The van der Waals surface area contributed by atoms with Gasteiger partial charge in [-0.05, 0) is 49.7 Å². The first kappa shape index (κ1) is 24.0. The lowest BCUT2D eigenvalue weighted by molar-refractivity contribution is -0.114. The molecule has 0 saturated carbocycles. The van der Waals surface area contributed by atoms with E-state index < -0.39 is 10.0 Å². The molecule has 2 rings (SSSR count). The molecule has 2 aromatic rings. The monoisotopic (exact) mass is 452 g/mol. The summed E-state index contributed by atoms with van der Waals surface area (Å²) in [6, 6.07) is 10.1. The third-order valence-corrected chi connectivity index (χ3v) is 7.14. The number of sulfonamides is 1. The summed E-state index contributed by atoms with van der Waals surface area (Å²) in [5.41, 5.74) is 2.69. The highest BCUT2D eigenvalue weighted by molar-refractivity contribution is 7.89. The molecule has 0 saturated heterocycles. The summed E-state index contributed by atoms with van der Waals surface area (Å²) in [6.07, 6.45) is 0. The van der Waals surface area contributed by atoms with Crippen LogP contribution in [0.2, 0.25) is 5.02 Å². The Hall–Kier alpha value is -2.29. The van der Waals surface area contributed by atoms with Crippen LogP contribution in [0.15, 0.2) is 41.3 Å². The van der Waals surface area contributed by atoms with E-state index in [1.165, 1.54) is 4.31 Å². The van der Waals surface area contributed by atoms with Crippen molar-refractivity contribution in [1.82, 2.24) is 4.31 Å². The van der Waals surface area contributed by atoms with Gasteiger partial charge in [0.15, 0.2) is 0 Å². The Bertz CT molecular complexity index is 992. The van der Waals surface area contributed by atoms with Gasteiger partial charge in [-0.15, -0.1) is 0 Å². The van der Waals surface area contributed by atoms with E-state index in [0.29, 0.717) is 36.0 Å². The number of halogens is 1. The van der Waals surface area contributed by atoms with Crippen LogP contribution in [0.1, 0.15) is 26.3 Å². The zero-order valence-electron chi connectivity index (χ0n) is 17.8. The molecule has 0 bridgehead atoms. The lowest BCUT2D eigenvalue weighted by Crippen LogP contribution is -2.30. The van der Waals surface area contributed by atoms with Gasteiger partial charge in [-0.3, -0.25) is 4.79 Å². The molecule has 0 radical (unpaired) electrons. The number of hydrogen-bond donors (Lipinski definition) is 3. The third-order valence-electron chi connectivity index (χ3n) is 4.68. The molecule has 0 aliphatic rings. The van der Waals surface area contributed by atoms with E-state index in [0.717, 1.165) is 11.3 Å². The minimum Gasteiger partial charge on any atom is -0.384 e. The van der Waals surface area contributed by atoms with Crippen LogP contribution in [0.25, 0.3) is 0 Å². The molecule has 0 spiro atoms. The Labute approximate surface area is 183 Å². The van der Waals surface area contributed by atoms with E-state index in [9.17, 15) is 13.2 Å². The summed E-state index contributed by atoms with van der Waals surface area (Å²) in [5.74, 6) is -0.264. The van der Waals surface area contributed by atoms with Gasteiger partial charge in [0.05, 0.1) is 22.8 Å². The molecule has 9 heteroatoms. The molecule has 7 nitrogen and oxygen atoms in total. The second-order valence-electron chi connectivity index (χ2n) is 6.64. The molecule has 0 atom stereocenters. The van der Waals surface area contributed by atoms with Crippen molar-refractivity contribution in [3.63, 3.8) is 0 Å². The van der Waals surface area contributed by atoms with Crippen LogP contribution in [0, 0.1) is 6.92 Å². The van der Waals surface area contributed by atoms with Gasteiger partial charge in [0.1, 0.15) is 0 Å². The van der Waals surface area contributed by atoms with Crippen LogP contribution in [0.5, 0.6) is 0 Å². The predicted molar refractivity (Wildman–Crippen MR) is 124 cm³/mol. The van der Waals surface area contributed by atoms with Crippen molar-refractivity contribution < 1.29 is 13.2 Å². The van der Waals surface area contributed by atoms with Crippen LogP contribution >= 0.6 is 11.6 Å². The van der Waals surface area contributed by atoms with Crippen molar-refractivity contribution in [2.24, 2.45) is 0 Å². The smallest absolute Gasteiger partial charge is 0.243 e. The van der Waals surface area contributed by atoms with Gasteiger partial charge >= 0.3 is 0 Å². The number of hydrogen-bond acceptors (Lipinski definition) is 5. The fourth-order valence-electron chi connectivity index (χ4n) is 3.00. The summed E-state index contributed by atoms with van der Waals surface area (Å²) in [4.78, 5) is 12.6. The number of anilines is 3. The highest BCUT2D eigenvalue weighted by Gasteiger charge is 2.22. The average Bonchev–Trinajstić information content (AvgIpc) is 2.71. The summed E-state index contributed by atoms with van der Waals surface area (Å²) >= 11 is 6.10. The van der Waals surface area contributed by atoms with Crippen molar-refractivity contribution in [2.75, 3.05) is 42.1 Å². The molecule has 0 unspecified atom stereocenters. The molecular formula is C21H29ClN4O3S. The van der Waals surface area contributed by atoms with Crippen LogP contribution in [0.4, 0.5) is 17.1 Å². The van der Waals surface area contributed by atoms with Gasteiger partial charge in [0, 0.05) is 30.3 Å². The second kappa shape index (κ2) is 10.7. The van der Waals surface area contributed by atoms with Crippen molar-refractivity contribution in [1.29, 1.82) is 0 Å². The van der Waals surface area contributed by atoms with E-state index in [4.69, 9.17) is 11.6 Å². The van der Waals surface area contributed by atoms with Gasteiger partial charge in [0.25, 0.3) is 0 Å². The van der Waals surface area contributed by atoms with E-state index >= 15 is 0 Å². The Balaban J connectivity index is 2.22. The molecule has 164 valence electrons. The Morgan fingerprint density at radius 2 is 1.70 bits per heavy atom. The topological polar surface area (TPSA) is 90.5 Å². The molecular weight excluding hydrogens is 424 g/mol. The number of nitrogens with zero attached hydrogens (tertiary/aromatic N) is 1. The lowest BCUT2D eigenvalue weighted by atomic mass is 10.2. The molecule has 30 heavy (non-hydrogen) atoms. The van der Waals surface area contributed by atoms with Crippen LogP contribution < -0.4 is 16.0 Å². The maximum absolute atomic E-state index is 12.9. The Kier molecular flexibility index (Phi) is 8.52. The minimum absolute atomic E-state index is 0.0287. The quantitative estimate of drug-likeness (QED) is 0.503. The molecule has 1 amide bonds. The van der Waals surface area contributed by atoms with E-state index in [1.807, 2.05) is 13.8 Å². The Morgan fingerprint density at radius 1 is 1.00 bits per heavy atom. The minimum atomic E-state index is -3.60. The van der Waals surface area contributed by atoms with Crippen molar-refractivity contribution >= 4 is 44.6 Å². The average molecular weight is 453 g/mol. The normalized spacial score (nSPS) is 11.4. The fraction of sp³-hybridized carbons (Fsp3) is 0.381. The standard InChI is InChI=1S/C21H29ClN4O3S/c1-5-23-19-12-11-16(30(28,29)26(6-2)7-3)13-20(19)24-14-21(27)25-18-10-8-9-17(22)15(18)4/h8-13,23-24H,5-7,14H2,1-4H3,(H,25,27). The van der Waals surface area contributed by atoms with Gasteiger partial charge < -0.3 is 16.0 Å². The Morgan fingerprint density at radius 3 is 2.33 bits per heavy atom. The van der Waals surface area contributed by atoms with E-state index in [-0.39, 0.29) is 17.3 Å². The summed E-state index contributed by atoms with van der Waals surface area (Å²) < 4.78 is 27.1.